The summed E-state index contributed by atoms with van der Waals surface area (Å²) in [6.45, 7) is 3.21. The van der Waals surface area contributed by atoms with E-state index in [1.807, 2.05) is 6.07 Å². The van der Waals surface area contributed by atoms with Gasteiger partial charge in [-0.1, -0.05) is 6.92 Å². The van der Waals surface area contributed by atoms with Crippen LogP contribution < -0.4 is 10.9 Å². The van der Waals surface area contributed by atoms with Crippen LogP contribution >= 0.6 is 11.3 Å². The molecular formula is C21H25N3O4S. The molecule has 2 aliphatic rings. The van der Waals surface area contributed by atoms with Crippen molar-refractivity contribution in [2.24, 2.45) is 11.8 Å². The number of amides is 3. The van der Waals surface area contributed by atoms with E-state index in [0.29, 0.717) is 42.5 Å². The monoisotopic (exact) mass is 415 g/mol. The number of likely N-dealkylation sites (tertiary alicyclic amines) is 1. The Labute approximate surface area is 173 Å². The van der Waals surface area contributed by atoms with Gasteiger partial charge in [0, 0.05) is 23.9 Å². The molecule has 2 N–H and O–H groups in total. The third kappa shape index (κ3) is 4.37. The van der Waals surface area contributed by atoms with Crippen molar-refractivity contribution < 1.29 is 18.8 Å². The Hall–Kier alpha value is -2.61. The van der Waals surface area contributed by atoms with Crippen LogP contribution in [0.2, 0.25) is 0 Å². The predicted octanol–water partition coefficient (Wildman–Crippen LogP) is 2.78. The second-order valence-electron chi connectivity index (χ2n) is 7.89. The van der Waals surface area contributed by atoms with E-state index in [4.69, 9.17) is 4.42 Å². The highest BCUT2D eigenvalue weighted by Crippen LogP contribution is 2.32. The molecule has 1 aliphatic heterocycles. The molecule has 0 bridgehead atoms. The van der Waals surface area contributed by atoms with Crippen LogP contribution in [0.4, 0.5) is 0 Å². The average Bonchev–Trinajstić information content (AvgIpc) is 3.41. The highest BCUT2D eigenvalue weighted by molar-refractivity contribution is 7.14. The maximum Gasteiger partial charge on any atom is 0.289 e. The van der Waals surface area contributed by atoms with Crippen molar-refractivity contribution >= 4 is 29.1 Å². The third-order valence-electron chi connectivity index (χ3n) is 5.74. The van der Waals surface area contributed by atoms with E-state index < -0.39 is 0 Å². The number of hydrogen-bond donors (Lipinski definition) is 2. The molecule has 3 heterocycles. The number of hydrazine groups is 1. The fourth-order valence-electron chi connectivity index (χ4n) is 4.00. The van der Waals surface area contributed by atoms with Gasteiger partial charge >= 0.3 is 0 Å². The lowest BCUT2D eigenvalue weighted by molar-refractivity contribution is -0.127. The number of thiophene rings is 1. The molecule has 29 heavy (non-hydrogen) atoms. The molecule has 1 aliphatic carbocycles. The predicted molar refractivity (Wildman–Crippen MR) is 108 cm³/mol. The molecule has 1 unspecified atom stereocenters. The largest absolute Gasteiger partial charge is 0.459 e. The molecule has 0 spiro atoms. The van der Waals surface area contributed by atoms with Crippen LogP contribution in [0.25, 0.3) is 0 Å². The molecule has 154 valence electrons. The number of nitrogens with zero attached hydrogens (tertiary/aromatic N) is 1. The molecule has 7 nitrogen and oxygen atoms in total. The number of nitrogens with one attached hydrogen (secondary N) is 2. The lowest BCUT2D eigenvalue weighted by Gasteiger charge is -2.30. The van der Waals surface area contributed by atoms with Gasteiger partial charge in [-0.3, -0.25) is 25.2 Å². The van der Waals surface area contributed by atoms with E-state index >= 15 is 0 Å². The second-order valence-corrected chi connectivity index (χ2v) is 9.03. The molecule has 3 amide bonds. The second kappa shape index (κ2) is 8.41. The van der Waals surface area contributed by atoms with E-state index in [1.54, 1.807) is 17.0 Å². The van der Waals surface area contributed by atoms with E-state index in [0.717, 1.165) is 19.3 Å². The van der Waals surface area contributed by atoms with Crippen LogP contribution in [0.3, 0.4) is 0 Å². The van der Waals surface area contributed by atoms with Gasteiger partial charge in [0.25, 0.3) is 11.8 Å². The number of furan rings is 1. The number of rotatable bonds is 3. The van der Waals surface area contributed by atoms with Crippen molar-refractivity contribution in [2.45, 2.75) is 39.0 Å². The summed E-state index contributed by atoms with van der Waals surface area (Å²) in [7, 11) is 0. The van der Waals surface area contributed by atoms with Gasteiger partial charge in [-0.05, 0) is 61.8 Å². The first kappa shape index (κ1) is 19.7. The summed E-state index contributed by atoms with van der Waals surface area (Å²) < 4.78 is 5.15. The maximum absolute atomic E-state index is 12.4. The summed E-state index contributed by atoms with van der Waals surface area (Å²) in [6, 6.07) is 5.27. The fraction of sp³-hybridized carbons (Fsp3) is 0.476. The normalized spacial score (nSPS) is 19.5. The zero-order valence-corrected chi connectivity index (χ0v) is 17.2. The van der Waals surface area contributed by atoms with Gasteiger partial charge in [-0.2, -0.15) is 0 Å². The Kier molecular flexibility index (Phi) is 5.71. The van der Waals surface area contributed by atoms with Gasteiger partial charge in [0.1, 0.15) is 0 Å². The Bertz CT molecular complexity index is 897. The van der Waals surface area contributed by atoms with Crippen LogP contribution in [0.15, 0.2) is 28.9 Å². The molecule has 1 atom stereocenters. The molecule has 0 saturated carbocycles. The van der Waals surface area contributed by atoms with E-state index in [9.17, 15) is 14.4 Å². The quantitative estimate of drug-likeness (QED) is 0.754. The Balaban J connectivity index is 1.25. The summed E-state index contributed by atoms with van der Waals surface area (Å²) in [6.07, 6.45) is 5.78. The van der Waals surface area contributed by atoms with Crippen LogP contribution in [-0.2, 0) is 17.6 Å². The minimum atomic E-state index is -0.268. The molecule has 1 fully saturated rings. The molecular weight excluding hydrogens is 390 g/mol. The van der Waals surface area contributed by atoms with Crippen molar-refractivity contribution in [3.8, 4) is 0 Å². The summed E-state index contributed by atoms with van der Waals surface area (Å²) in [5.41, 5.74) is 6.37. The van der Waals surface area contributed by atoms with Gasteiger partial charge in [0.05, 0.1) is 11.1 Å². The maximum atomic E-state index is 12.4. The molecule has 0 radical (unpaired) electrons. The molecule has 2 aromatic heterocycles. The molecule has 8 heteroatoms. The summed E-state index contributed by atoms with van der Waals surface area (Å²) in [5.74, 6) is 0.104. The fourth-order valence-corrected chi connectivity index (χ4v) is 5.10. The number of carbonyl (C=O) groups is 3. The summed E-state index contributed by atoms with van der Waals surface area (Å²) in [5, 5.41) is 0. The van der Waals surface area contributed by atoms with Crippen molar-refractivity contribution in [2.75, 3.05) is 13.1 Å². The minimum absolute atomic E-state index is 0.154. The lowest BCUT2D eigenvalue weighted by Crippen LogP contribution is -2.48. The van der Waals surface area contributed by atoms with E-state index in [1.165, 1.54) is 28.0 Å². The molecule has 2 aromatic rings. The first-order chi connectivity index (χ1) is 14.0. The molecule has 1 saturated heterocycles. The van der Waals surface area contributed by atoms with Crippen LogP contribution in [0.1, 0.15) is 56.9 Å². The zero-order chi connectivity index (χ0) is 20.4. The van der Waals surface area contributed by atoms with Crippen LogP contribution in [-0.4, -0.2) is 35.7 Å². The van der Waals surface area contributed by atoms with Gasteiger partial charge in [-0.15, -0.1) is 11.3 Å². The summed E-state index contributed by atoms with van der Waals surface area (Å²) in [4.78, 5) is 40.8. The smallest absolute Gasteiger partial charge is 0.289 e. The Morgan fingerprint density at radius 1 is 1.17 bits per heavy atom. The lowest BCUT2D eigenvalue weighted by atomic mass is 9.90. The first-order valence-corrected chi connectivity index (χ1v) is 10.9. The van der Waals surface area contributed by atoms with Gasteiger partial charge in [-0.25, -0.2) is 0 Å². The molecule has 4 rings (SSSR count). The number of aryl methyl sites for hydroxylation is 1. The Morgan fingerprint density at radius 2 is 1.97 bits per heavy atom. The van der Waals surface area contributed by atoms with Gasteiger partial charge in [0.15, 0.2) is 5.76 Å². The first-order valence-electron chi connectivity index (χ1n) is 10.1. The van der Waals surface area contributed by atoms with Crippen molar-refractivity contribution in [1.29, 1.82) is 0 Å². The number of piperidine rings is 1. The van der Waals surface area contributed by atoms with Gasteiger partial charge < -0.3 is 9.32 Å². The topological polar surface area (TPSA) is 91.7 Å². The third-order valence-corrected chi connectivity index (χ3v) is 6.97. The summed E-state index contributed by atoms with van der Waals surface area (Å²) >= 11 is 1.52. The molecule has 0 aromatic carbocycles. The number of fused-ring (bicyclic) bond motifs is 1. The van der Waals surface area contributed by atoms with Crippen LogP contribution in [0, 0.1) is 11.8 Å². The van der Waals surface area contributed by atoms with Crippen molar-refractivity contribution in [1.82, 2.24) is 15.8 Å². The van der Waals surface area contributed by atoms with Gasteiger partial charge in [0.2, 0.25) is 5.91 Å². The zero-order valence-electron chi connectivity index (χ0n) is 16.4. The highest BCUT2D eigenvalue weighted by Gasteiger charge is 2.29. The van der Waals surface area contributed by atoms with E-state index in [-0.39, 0.29) is 23.6 Å². The van der Waals surface area contributed by atoms with E-state index in [2.05, 4.69) is 17.8 Å². The standard InChI is InChI=1S/C21H25N3O4S/c1-13-4-5-17-15(11-13)12-18(29-17)20(26)23-22-19(25)14-6-8-24(9-7-14)21(27)16-3-2-10-28-16/h2-3,10,12-14H,4-9,11H2,1H3,(H,22,25)(H,23,26). The average molecular weight is 416 g/mol. The number of hydrogen-bond acceptors (Lipinski definition) is 5. The van der Waals surface area contributed by atoms with Crippen LogP contribution in [0.5, 0.6) is 0 Å². The number of carbonyl (C=O) groups excluding carboxylic acids is 3. The van der Waals surface area contributed by atoms with Crippen molar-refractivity contribution in [3.05, 3.63) is 45.5 Å². The SMILES string of the molecule is CC1CCc2sc(C(=O)NNC(=O)C3CCN(C(=O)c4ccco4)CC3)cc2C1. The highest BCUT2D eigenvalue weighted by atomic mass is 32.1. The van der Waals surface area contributed by atoms with Crippen molar-refractivity contribution in [3.63, 3.8) is 0 Å². The Morgan fingerprint density at radius 3 is 2.69 bits per heavy atom. The minimum Gasteiger partial charge on any atom is -0.459 e.